The quantitative estimate of drug-likeness (QED) is 0.821. The Kier molecular flexibility index (Phi) is 3.34. The lowest BCUT2D eigenvalue weighted by atomic mass is 10.3. The summed E-state index contributed by atoms with van der Waals surface area (Å²) in [6, 6.07) is 5.78. The molecule has 0 atom stereocenters. The van der Waals surface area contributed by atoms with Crippen molar-refractivity contribution in [1.29, 1.82) is 0 Å². The Hall–Kier alpha value is -0.510. The van der Waals surface area contributed by atoms with Gasteiger partial charge in [0.1, 0.15) is 0 Å². The molecular formula is C11H8BrClNS. The van der Waals surface area contributed by atoms with Gasteiger partial charge in [-0.2, -0.15) is 0 Å². The molecule has 0 aliphatic heterocycles. The van der Waals surface area contributed by atoms with E-state index in [1.165, 1.54) is 0 Å². The van der Waals surface area contributed by atoms with E-state index in [2.05, 4.69) is 26.6 Å². The first kappa shape index (κ1) is 11.0. The number of rotatable bonds is 2. The Bertz CT molecular complexity index is 481. The third-order valence-corrected chi connectivity index (χ3v) is 3.58. The van der Waals surface area contributed by atoms with Gasteiger partial charge < -0.3 is 5.32 Å². The van der Waals surface area contributed by atoms with Gasteiger partial charge in [0.05, 0.1) is 16.4 Å². The first-order valence-corrected chi connectivity index (χ1v) is 6.40. The van der Waals surface area contributed by atoms with Crippen molar-refractivity contribution in [2.45, 2.75) is 6.92 Å². The second-order valence-electron chi connectivity index (χ2n) is 3.13. The van der Waals surface area contributed by atoms with E-state index in [4.69, 9.17) is 11.6 Å². The molecule has 0 spiro atoms. The fraction of sp³-hybridized carbons (Fsp3) is 0.0909. The molecule has 0 aliphatic rings. The Morgan fingerprint density at radius 3 is 2.80 bits per heavy atom. The van der Waals surface area contributed by atoms with Crippen molar-refractivity contribution in [1.82, 2.24) is 0 Å². The predicted octanol–water partition coefficient (Wildman–Crippen LogP) is 5.02. The summed E-state index contributed by atoms with van der Waals surface area (Å²) in [6.07, 6.45) is 0. The molecule has 4 heteroatoms. The highest BCUT2D eigenvalue weighted by atomic mass is 79.9. The summed E-state index contributed by atoms with van der Waals surface area (Å²) in [5.41, 5.74) is 3.08. The maximum Gasteiger partial charge on any atom is 0.0652 e. The largest absolute Gasteiger partial charge is 0.353 e. The van der Waals surface area contributed by atoms with Crippen molar-refractivity contribution in [2.24, 2.45) is 0 Å². The molecule has 0 unspecified atom stereocenters. The third kappa shape index (κ3) is 2.54. The van der Waals surface area contributed by atoms with Crippen LogP contribution in [0.25, 0.3) is 0 Å². The van der Waals surface area contributed by atoms with Crippen molar-refractivity contribution >= 4 is 50.2 Å². The average molecular weight is 302 g/mol. The summed E-state index contributed by atoms with van der Waals surface area (Å²) in [7, 11) is 0. The second kappa shape index (κ2) is 4.56. The van der Waals surface area contributed by atoms with E-state index >= 15 is 0 Å². The van der Waals surface area contributed by atoms with Crippen LogP contribution in [-0.4, -0.2) is 0 Å². The Morgan fingerprint density at radius 1 is 1.40 bits per heavy atom. The summed E-state index contributed by atoms with van der Waals surface area (Å²) in [5, 5.41) is 9.15. The molecule has 0 saturated carbocycles. The third-order valence-electron chi connectivity index (χ3n) is 1.99. The maximum absolute atomic E-state index is 6.10. The van der Waals surface area contributed by atoms with Gasteiger partial charge in [0.15, 0.2) is 0 Å². The van der Waals surface area contributed by atoms with Crippen LogP contribution in [0.5, 0.6) is 0 Å². The van der Waals surface area contributed by atoms with E-state index in [0.717, 1.165) is 21.4 Å². The van der Waals surface area contributed by atoms with Crippen LogP contribution < -0.4 is 5.32 Å². The molecule has 0 aliphatic carbocycles. The molecule has 0 bridgehead atoms. The standard InChI is InChI=1S/C11H8BrClNS/c1-7-5-15-6-11(7)14-10-3-2-8(12)4-9(10)13/h2-4,6,14H,1H3. The topological polar surface area (TPSA) is 12.0 Å². The van der Waals surface area contributed by atoms with Gasteiger partial charge in [-0.05, 0) is 30.7 Å². The highest BCUT2D eigenvalue weighted by molar-refractivity contribution is 9.10. The van der Waals surface area contributed by atoms with Crippen molar-refractivity contribution in [2.75, 3.05) is 5.32 Å². The monoisotopic (exact) mass is 300 g/mol. The molecule has 77 valence electrons. The van der Waals surface area contributed by atoms with Crippen LogP contribution in [-0.2, 0) is 0 Å². The van der Waals surface area contributed by atoms with E-state index in [-0.39, 0.29) is 0 Å². The highest BCUT2D eigenvalue weighted by Gasteiger charge is 2.04. The van der Waals surface area contributed by atoms with Crippen LogP contribution in [0.15, 0.2) is 28.1 Å². The lowest BCUT2D eigenvalue weighted by molar-refractivity contribution is 1.48. The number of hydrogen-bond donors (Lipinski definition) is 1. The zero-order valence-corrected chi connectivity index (χ0v) is 11.1. The number of benzene rings is 1. The number of nitrogens with one attached hydrogen (secondary N) is 1. The van der Waals surface area contributed by atoms with E-state index in [0.29, 0.717) is 5.02 Å². The lowest BCUT2D eigenvalue weighted by Crippen LogP contribution is -1.90. The Balaban J connectivity index is 2.29. The first-order chi connectivity index (χ1) is 7.16. The molecule has 2 rings (SSSR count). The molecule has 1 aromatic heterocycles. The zero-order valence-electron chi connectivity index (χ0n) is 7.97. The Morgan fingerprint density at radius 2 is 2.20 bits per heavy atom. The van der Waals surface area contributed by atoms with E-state index in [9.17, 15) is 0 Å². The maximum atomic E-state index is 6.10. The van der Waals surface area contributed by atoms with Crippen LogP contribution in [0, 0.1) is 12.3 Å². The van der Waals surface area contributed by atoms with Crippen molar-refractivity contribution in [3.63, 3.8) is 0 Å². The minimum Gasteiger partial charge on any atom is -0.353 e. The van der Waals surface area contributed by atoms with Crippen LogP contribution in [0.2, 0.25) is 5.02 Å². The number of thiophene rings is 1. The summed E-state index contributed by atoms with van der Waals surface area (Å²) in [6.45, 7) is 2.02. The molecule has 1 aromatic carbocycles. The number of halogens is 2. The molecule has 1 nitrogen and oxygen atoms in total. The minimum absolute atomic E-state index is 0.704. The molecule has 2 aromatic rings. The van der Waals surface area contributed by atoms with Gasteiger partial charge in [-0.3, -0.25) is 0 Å². The summed E-state index contributed by atoms with van der Waals surface area (Å²) in [4.78, 5) is 0. The van der Waals surface area contributed by atoms with Gasteiger partial charge in [0.25, 0.3) is 0 Å². The summed E-state index contributed by atoms with van der Waals surface area (Å²) < 4.78 is 0.978. The molecule has 0 saturated heterocycles. The lowest BCUT2D eigenvalue weighted by Gasteiger charge is -2.07. The van der Waals surface area contributed by atoms with Crippen molar-refractivity contribution < 1.29 is 0 Å². The van der Waals surface area contributed by atoms with Gasteiger partial charge >= 0.3 is 0 Å². The van der Waals surface area contributed by atoms with Crippen LogP contribution in [0.3, 0.4) is 0 Å². The minimum atomic E-state index is 0.704. The highest BCUT2D eigenvalue weighted by Crippen LogP contribution is 2.30. The van der Waals surface area contributed by atoms with Gasteiger partial charge in [-0.15, -0.1) is 11.3 Å². The van der Waals surface area contributed by atoms with E-state index < -0.39 is 0 Å². The van der Waals surface area contributed by atoms with Gasteiger partial charge in [-0.1, -0.05) is 27.5 Å². The molecule has 0 fully saturated rings. The van der Waals surface area contributed by atoms with Crippen LogP contribution in [0.1, 0.15) is 5.56 Å². The fourth-order valence-electron chi connectivity index (χ4n) is 1.18. The van der Waals surface area contributed by atoms with Crippen LogP contribution in [0.4, 0.5) is 11.4 Å². The van der Waals surface area contributed by atoms with Gasteiger partial charge in [0, 0.05) is 15.2 Å². The van der Waals surface area contributed by atoms with Crippen molar-refractivity contribution in [3.8, 4) is 0 Å². The predicted molar refractivity (Wildman–Crippen MR) is 70.3 cm³/mol. The second-order valence-corrected chi connectivity index (χ2v) is 5.12. The van der Waals surface area contributed by atoms with Crippen molar-refractivity contribution in [3.05, 3.63) is 44.0 Å². The smallest absolute Gasteiger partial charge is 0.0652 e. The number of anilines is 2. The Labute approximate surface area is 106 Å². The van der Waals surface area contributed by atoms with Crippen LogP contribution >= 0.6 is 38.9 Å². The molecule has 1 heterocycles. The SMILES string of the molecule is Cc1[c]scc1Nc1ccc(Br)cc1Cl. The molecule has 1 radical (unpaired) electrons. The number of aryl methyl sites for hydroxylation is 1. The van der Waals surface area contributed by atoms with E-state index in [1.54, 1.807) is 11.3 Å². The molecular weight excluding hydrogens is 294 g/mol. The fourth-order valence-corrected chi connectivity index (χ4v) is 2.60. The zero-order chi connectivity index (χ0) is 10.8. The average Bonchev–Trinajstić information content (AvgIpc) is 2.57. The molecule has 1 N–H and O–H groups in total. The normalized spacial score (nSPS) is 10.3. The molecule has 0 amide bonds. The summed E-state index contributed by atoms with van der Waals surface area (Å²) >= 11 is 11.0. The number of hydrogen-bond acceptors (Lipinski definition) is 2. The first-order valence-electron chi connectivity index (χ1n) is 4.34. The van der Waals surface area contributed by atoms with Gasteiger partial charge in [0.2, 0.25) is 0 Å². The molecule has 15 heavy (non-hydrogen) atoms. The van der Waals surface area contributed by atoms with Gasteiger partial charge in [-0.25, -0.2) is 0 Å². The summed E-state index contributed by atoms with van der Waals surface area (Å²) in [5.74, 6) is 0. The van der Waals surface area contributed by atoms with E-state index in [1.807, 2.05) is 30.5 Å².